The second kappa shape index (κ2) is 10.3. The summed E-state index contributed by atoms with van der Waals surface area (Å²) in [6.45, 7) is -0.686. The topological polar surface area (TPSA) is 198 Å². The van der Waals surface area contributed by atoms with E-state index in [0.29, 0.717) is 5.75 Å². The van der Waals surface area contributed by atoms with Crippen LogP contribution in [0.1, 0.15) is 0 Å². The van der Waals surface area contributed by atoms with Crippen LogP contribution in [0.2, 0.25) is 0 Å². The Kier molecular flexibility index (Phi) is 7.34. The van der Waals surface area contributed by atoms with Gasteiger partial charge in [-0.25, -0.2) is 0 Å². The summed E-state index contributed by atoms with van der Waals surface area (Å²) in [5, 5.41) is 60.9. The number of hydrogen-bond acceptors (Lipinski definition) is 13. The minimum Gasteiger partial charge on any atom is -0.507 e. The van der Waals surface area contributed by atoms with E-state index >= 15 is 0 Å². The molecule has 0 aliphatic carbocycles. The van der Waals surface area contributed by atoms with Gasteiger partial charge in [0.05, 0.1) is 33.5 Å². The van der Waals surface area contributed by atoms with Crippen molar-refractivity contribution in [2.75, 3.05) is 27.9 Å². The van der Waals surface area contributed by atoms with Crippen molar-refractivity contribution in [1.29, 1.82) is 0 Å². The van der Waals surface area contributed by atoms with E-state index in [4.69, 9.17) is 28.1 Å². The molecule has 0 amide bonds. The average Bonchev–Trinajstić information content (AvgIpc) is 2.88. The highest BCUT2D eigenvalue weighted by molar-refractivity contribution is 5.91. The predicted molar refractivity (Wildman–Crippen MR) is 125 cm³/mol. The van der Waals surface area contributed by atoms with Crippen LogP contribution in [0.4, 0.5) is 0 Å². The first kappa shape index (κ1) is 26.3. The lowest BCUT2D eigenvalue weighted by Gasteiger charge is -2.39. The lowest BCUT2D eigenvalue weighted by atomic mass is 9.99. The molecule has 1 saturated heterocycles. The monoisotopic (exact) mass is 522 g/mol. The molecular formula is C24H26O13. The Bertz CT molecular complexity index is 1350. The molecular weight excluding hydrogens is 496 g/mol. The summed E-state index contributed by atoms with van der Waals surface area (Å²) < 4.78 is 32.4. The minimum absolute atomic E-state index is 0.0864. The van der Waals surface area contributed by atoms with Crippen molar-refractivity contribution in [2.24, 2.45) is 0 Å². The normalized spacial score (nSPS) is 23.6. The van der Waals surface area contributed by atoms with Gasteiger partial charge in [-0.3, -0.25) is 4.79 Å². The maximum Gasteiger partial charge on any atom is 0.239 e. The van der Waals surface area contributed by atoms with Crippen LogP contribution >= 0.6 is 0 Å². The van der Waals surface area contributed by atoms with Crippen molar-refractivity contribution in [1.82, 2.24) is 0 Å². The molecule has 2 unspecified atom stereocenters. The van der Waals surface area contributed by atoms with Crippen molar-refractivity contribution in [3.8, 4) is 45.8 Å². The van der Waals surface area contributed by atoms with Crippen LogP contribution in [-0.2, 0) is 4.74 Å². The van der Waals surface area contributed by atoms with Gasteiger partial charge in [0.2, 0.25) is 23.2 Å². The van der Waals surface area contributed by atoms with Gasteiger partial charge >= 0.3 is 0 Å². The van der Waals surface area contributed by atoms with Gasteiger partial charge in [-0.05, 0) is 12.1 Å². The third-order valence-corrected chi connectivity index (χ3v) is 5.99. The molecule has 4 rings (SSSR count). The number of methoxy groups -OCH3 is 3. The Morgan fingerprint density at radius 2 is 1.62 bits per heavy atom. The molecule has 1 aliphatic rings. The molecule has 1 fully saturated rings. The fourth-order valence-corrected chi connectivity index (χ4v) is 4.04. The number of hydrogen-bond donors (Lipinski definition) is 6. The number of phenols is 2. The van der Waals surface area contributed by atoms with Crippen molar-refractivity contribution in [2.45, 2.75) is 30.7 Å². The van der Waals surface area contributed by atoms with Gasteiger partial charge in [-0.2, -0.15) is 0 Å². The van der Waals surface area contributed by atoms with Crippen LogP contribution in [0.5, 0.6) is 34.5 Å². The van der Waals surface area contributed by atoms with Gasteiger partial charge in [0.25, 0.3) is 0 Å². The molecule has 0 radical (unpaired) electrons. The van der Waals surface area contributed by atoms with Gasteiger partial charge in [0.15, 0.2) is 17.3 Å². The highest BCUT2D eigenvalue weighted by atomic mass is 16.7. The maximum atomic E-state index is 13.3. The van der Waals surface area contributed by atoms with E-state index in [2.05, 4.69) is 0 Å². The SMILES string of the molecule is COc1ccc(-c2oc3cc(O[C@@H]4OC(CO)[C@@H](O)[C@H](O)C4O)c(OC)c(O)c3c(=O)c2OC)c(O)c1. The first-order chi connectivity index (χ1) is 17.7. The Balaban J connectivity index is 1.88. The Hall–Kier alpha value is -3.75. The number of fused-ring (bicyclic) bond motifs is 1. The highest BCUT2D eigenvalue weighted by Crippen LogP contribution is 2.46. The van der Waals surface area contributed by atoms with Crippen molar-refractivity contribution in [3.63, 3.8) is 0 Å². The van der Waals surface area contributed by atoms with Crippen LogP contribution in [0.3, 0.4) is 0 Å². The van der Waals surface area contributed by atoms with Gasteiger partial charge in [-0.1, -0.05) is 0 Å². The molecule has 13 heteroatoms. The number of aliphatic hydroxyl groups excluding tert-OH is 4. The Labute approximate surface area is 209 Å². The summed E-state index contributed by atoms with van der Waals surface area (Å²) in [7, 11) is 3.81. The summed E-state index contributed by atoms with van der Waals surface area (Å²) in [5.41, 5.74) is -0.915. The van der Waals surface area contributed by atoms with Crippen LogP contribution in [0.15, 0.2) is 33.5 Å². The third kappa shape index (κ3) is 4.47. The summed E-state index contributed by atoms with van der Waals surface area (Å²) in [6, 6.07) is 5.44. The minimum atomic E-state index is -1.75. The highest BCUT2D eigenvalue weighted by Gasteiger charge is 2.45. The first-order valence-electron chi connectivity index (χ1n) is 11.0. The maximum absolute atomic E-state index is 13.3. The van der Waals surface area contributed by atoms with Gasteiger partial charge in [-0.15, -0.1) is 0 Å². The lowest BCUT2D eigenvalue weighted by Crippen LogP contribution is -2.60. The smallest absolute Gasteiger partial charge is 0.239 e. The molecule has 0 spiro atoms. The zero-order valence-corrected chi connectivity index (χ0v) is 19.9. The first-order valence-corrected chi connectivity index (χ1v) is 11.0. The molecule has 1 aromatic heterocycles. The van der Waals surface area contributed by atoms with Gasteiger partial charge in [0, 0.05) is 12.1 Å². The molecule has 1 aliphatic heterocycles. The fraction of sp³-hybridized carbons (Fsp3) is 0.375. The van der Waals surface area contributed by atoms with E-state index in [1.807, 2.05) is 0 Å². The molecule has 0 bridgehead atoms. The molecule has 5 atom stereocenters. The number of rotatable bonds is 7. The zero-order valence-electron chi connectivity index (χ0n) is 19.9. The predicted octanol–water partition coefficient (Wildman–Crippen LogP) is 0.0757. The van der Waals surface area contributed by atoms with Crippen LogP contribution < -0.4 is 24.4 Å². The summed E-state index contributed by atoms with van der Waals surface area (Å²) in [5.74, 6) is -1.70. The quantitative estimate of drug-likeness (QED) is 0.244. The van der Waals surface area contributed by atoms with E-state index in [-0.39, 0.29) is 45.3 Å². The molecule has 6 N–H and O–H groups in total. The molecule has 13 nitrogen and oxygen atoms in total. The van der Waals surface area contributed by atoms with E-state index in [1.165, 1.54) is 45.6 Å². The van der Waals surface area contributed by atoms with Crippen LogP contribution in [-0.4, -0.2) is 89.3 Å². The van der Waals surface area contributed by atoms with Gasteiger partial charge in [0.1, 0.15) is 46.9 Å². The summed E-state index contributed by atoms with van der Waals surface area (Å²) >= 11 is 0. The van der Waals surface area contributed by atoms with E-state index in [9.17, 15) is 35.4 Å². The lowest BCUT2D eigenvalue weighted by molar-refractivity contribution is -0.277. The van der Waals surface area contributed by atoms with Crippen LogP contribution in [0.25, 0.3) is 22.3 Å². The molecule has 2 aromatic carbocycles. The second-order valence-electron chi connectivity index (χ2n) is 8.12. The number of ether oxygens (including phenoxy) is 5. The largest absolute Gasteiger partial charge is 0.507 e. The second-order valence-corrected chi connectivity index (χ2v) is 8.12. The zero-order chi connectivity index (χ0) is 27.0. The number of aliphatic hydroxyl groups is 4. The third-order valence-electron chi connectivity index (χ3n) is 5.99. The van der Waals surface area contributed by atoms with E-state index in [1.54, 1.807) is 0 Å². The molecule has 2 heterocycles. The summed E-state index contributed by atoms with van der Waals surface area (Å²) in [4.78, 5) is 13.3. The molecule has 200 valence electrons. The van der Waals surface area contributed by atoms with E-state index < -0.39 is 48.5 Å². The number of phenolic OH excluding ortho intramolecular Hbond substituents is 2. The fourth-order valence-electron chi connectivity index (χ4n) is 4.04. The molecule has 37 heavy (non-hydrogen) atoms. The number of aromatic hydroxyl groups is 2. The Morgan fingerprint density at radius 1 is 0.919 bits per heavy atom. The van der Waals surface area contributed by atoms with Crippen LogP contribution in [0, 0.1) is 0 Å². The summed E-state index contributed by atoms with van der Waals surface area (Å²) in [6.07, 6.45) is -7.96. The average molecular weight is 522 g/mol. The van der Waals surface area contributed by atoms with Crippen molar-refractivity contribution in [3.05, 3.63) is 34.5 Å². The Morgan fingerprint density at radius 3 is 2.22 bits per heavy atom. The van der Waals surface area contributed by atoms with E-state index in [0.717, 1.165) is 0 Å². The van der Waals surface area contributed by atoms with Crippen molar-refractivity contribution >= 4 is 11.0 Å². The van der Waals surface area contributed by atoms with Crippen molar-refractivity contribution < 1.29 is 58.7 Å². The molecule has 0 saturated carbocycles. The number of benzene rings is 2. The molecule has 3 aromatic rings. The standard InChI is InChI=1S/C24H26O13/c1-32-9-4-5-10(11(26)6-9)21-23(34-3)18(29)15-12(35-21)7-13(22(33-2)17(15)28)36-24-20(31)19(30)16(27)14(8-25)37-24/h4-7,14,16,19-20,24-28,30-31H,8H2,1-3H3/t14?,16-,19+,20?,24-/m1/s1. The van der Waals surface area contributed by atoms with Gasteiger partial charge < -0.3 is 58.7 Å².